The van der Waals surface area contributed by atoms with E-state index in [2.05, 4.69) is 39.0 Å². The number of aryl methyl sites for hydroxylation is 1. The molecular weight excluding hydrogens is 158 g/mol. The molecule has 0 aliphatic carbocycles. The fraction of sp³-hybridized carbons (Fsp3) is 0.333. The van der Waals surface area contributed by atoms with Crippen molar-refractivity contribution in [1.82, 2.24) is 0 Å². The van der Waals surface area contributed by atoms with Crippen molar-refractivity contribution >= 4 is 6.08 Å². The largest absolute Gasteiger partial charge is 0.402 e. The van der Waals surface area contributed by atoms with Crippen molar-refractivity contribution in [2.75, 3.05) is 0 Å². The second-order valence-electron chi connectivity index (χ2n) is 3.66. The van der Waals surface area contributed by atoms with Crippen LogP contribution in [0.25, 0.3) is 6.08 Å². The Labute approximate surface area is 80.3 Å². The first-order valence-corrected chi connectivity index (χ1v) is 4.64. The Bertz CT molecular complexity index is 311. The second-order valence-corrected chi connectivity index (χ2v) is 3.66. The summed E-state index contributed by atoms with van der Waals surface area (Å²) in [6.07, 6.45) is 2.06. The lowest BCUT2D eigenvalue weighted by Gasteiger charge is -2.06. The summed E-state index contributed by atoms with van der Waals surface area (Å²) in [5, 5.41) is 0. The number of rotatable bonds is 2. The fourth-order valence-corrected chi connectivity index (χ4v) is 1.09. The van der Waals surface area contributed by atoms with Gasteiger partial charge < -0.3 is 5.73 Å². The molecule has 0 aliphatic rings. The van der Waals surface area contributed by atoms with E-state index in [-0.39, 0.29) is 0 Å². The molecule has 1 aromatic rings. The summed E-state index contributed by atoms with van der Waals surface area (Å²) in [7, 11) is 0. The lowest BCUT2D eigenvalue weighted by Crippen LogP contribution is -2.04. The van der Waals surface area contributed by atoms with Crippen LogP contribution in [0.3, 0.4) is 0 Å². The molecule has 0 radical (unpaired) electrons. The van der Waals surface area contributed by atoms with Gasteiger partial charge in [-0.3, -0.25) is 0 Å². The number of nitrogens with two attached hydrogens (primary N) is 1. The zero-order valence-corrected chi connectivity index (χ0v) is 8.54. The van der Waals surface area contributed by atoms with E-state index in [0.29, 0.717) is 5.92 Å². The number of hydrogen-bond donors (Lipinski definition) is 1. The van der Waals surface area contributed by atoms with Crippen LogP contribution < -0.4 is 5.73 Å². The average molecular weight is 175 g/mol. The zero-order valence-electron chi connectivity index (χ0n) is 8.54. The summed E-state index contributed by atoms with van der Waals surface area (Å²) in [4.78, 5) is 0. The molecule has 0 saturated heterocycles. The standard InChI is InChI=1S/C12H17N/c1-9(2)12(13)8-11-7-5-4-6-10(11)3/h4-9H,13H2,1-3H3/b12-8+. The van der Waals surface area contributed by atoms with Crippen LogP contribution in [0.4, 0.5) is 0 Å². The predicted octanol–water partition coefficient (Wildman–Crippen LogP) is 2.95. The molecule has 1 aromatic carbocycles. The Morgan fingerprint density at radius 2 is 1.92 bits per heavy atom. The maximum absolute atomic E-state index is 5.88. The SMILES string of the molecule is Cc1ccccc1/C=C(/N)C(C)C. The minimum atomic E-state index is 0.416. The van der Waals surface area contributed by atoms with Crippen molar-refractivity contribution in [1.29, 1.82) is 0 Å². The summed E-state index contributed by atoms with van der Waals surface area (Å²) in [5.74, 6) is 0.416. The molecule has 2 N–H and O–H groups in total. The summed E-state index contributed by atoms with van der Waals surface area (Å²) < 4.78 is 0. The molecule has 0 bridgehead atoms. The molecule has 0 heterocycles. The molecule has 0 atom stereocenters. The Kier molecular flexibility index (Phi) is 3.13. The van der Waals surface area contributed by atoms with E-state index < -0.39 is 0 Å². The molecule has 1 heteroatoms. The summed E-state index contributed by atoms with van der Waals surface area (Å²) in [5.41, 5.74) is 9.30. The molecule has 13 heavy (non-hydrogen) atoms. The van der Waals surface area contributed by atoms with E-state index in [1.807, 2.05) is 12.1 Å². The van der Waals surface area contributed by atoms with Crippen LogP contribution in [0.1, 0.15) is 25.0 Å². The zero-order chi connectivity index (χ0) is 9.84. The van der Waals surface area contributed by atoms with Crippen molar-refractivity contribution in [3.8, 4) is 0 Å². The second kappa shape index (κ2) is 4.13. The number of benzene rings is 1. The predicted molar refractivity (Wildman–Crippen MR) is 58.2 cm³/mol. The smallest absolute Gasteiger partial charge is 0.0112 e. The van der Waals surface area contributed by atoms with Crippen LogP contribution in [-0.2, 0) is 0 Å². The maximum atomic E-state index is 5.88. The monoisotopic (exact) mass is 175 g/mol. The molecule has 0 unspecified atom stereocenters. The Balaban J connectivity index is 2.97. The first-order chi connectivity index (χ1) is 6.11. The van der Waals surface area contributed by atoms with Crippen molar-refractivity contribution in [3.63, 3.8) is 0 Å². The molecular formula is C12H17N. The van der Waals surface area contributed by atoms with Crippen LogP contribution in [0, 0.1) is 12.8 Å². The van der Waals surface area contributed by atoms with Crippen LogP contribution in [0.2, 0.25) is 0 Å². The lowest BCUT2D eigenvalue weighted by atomic mass is 10.0. The van der Waals surface area contributed by atoms with Gasteiger partial charge in [0, 0.05) is 5.70 Å². The van der Waals surface area contributed by atoms with E-state index >= 15 is 0 Å². The topological polar surface area (TPSA) is 26.0 Å². The van der Waals surface area contributed by atoms with Gasteiger partial charge in [-0.15, -0.1) is 0 Å². The molecule has 70 valence electrons. The molecule has 0 fully saturated rings. The van der Waals surface area contributed by atoms with Gasteiger partial charge in [0.15, 0.2) is 0 Å². The first kappa shape index (κ1) is 9.85. The summed E-state index contributed by atoms with van der Waals surface area (Å²) in [6.45, 7) is 6.30. The molecule has 0 aromatic heterocycles. The van der Waals surface area contributed by atoms with E-state index in [9.17, 15) is 0 Å². The van der Waals surface area contributed by atoms with Crippen LogP contribution in [-0.4, -0.2) is 0 Å². The van der Waals surface area contributed by atoms with Gasteiger partial charge in [0.2, 0.25) is 0 Å². The molecule has 0 amide bonds. The molecule has 0 spiro atoms. The van der Waals surface area contributed by atoms with E-state index in [1.54, 1.807) is 0 Å². The quantitative estimate of drug-likeness (QED) is 0.734. The minimum absolute atomic E-state index is 0.416. The molecule has 1 nitrogen and oxygen atoms in total. The van der Waals surface area contributed by atoms with Gasteiger partial charge in [-0.1, -0.05) is 38.1 Å². The average Bonchev–Trinajstić information content (AvgIpc) is 2.08. The van der Waals surface area contributed by atoms with Gasteiger partial charge in [-0.05, 0) is 30.0 Å². The van der Waals surface area contributed by atoms with Crippen molar-refractivity contribution in [2.24, 2.45) is 11.7 Å². The third-order valence-electron chi connectivity index (χ3n) is 2.18. The lowest BCUT2D eigenvalue weighted by molar-refractivity contribution is 0.764. The van der Waals surface area contributed by atoms with Crippen molar-refractivity contribution in [2.45, 2.75) is 20.8 Å². The van der Waals surface area contributed by atoms with E-state index in [0.717, 1.165) is 5.70 Å². The molecule has 0 saturated carbocycles. The third kappa shape index (κ3) is 2.62. The maximum Gasteiger partial charge on any atom is 0.0112 e. The normalized spacial score (nSPS) is 12.2. The van der Waals surface area contributed by atoms with Gasteiger partial charge in [-0.25, -0.2) is 0 Å². The van der Waals surface area contributed by atoms with Crippen LogP contribution in [0.5, 0.6) is 0 Å². The van der Waals surface area contributed by atoms with Crippen LogP contribution >= 0.6 is 0 Å². The first-order valence-electron chi connectivity index (χ1n) is 4.64. The molecule has 0 aliphatic heterocycles. The van der Waals surface area contributed by atoms with Crippen molar-refractivity contribution in [3.05, 3.63) is 41.1 Å². The third-order valence-corrected chi connectivity index (χ3v) is 2.18. The van der Waals surface area contributed by atoms with E-state index in [1.165, 1.54) is 11.1 Å². The summed E-state index contributed by atoms with van der Waals surface area (Å²) in [6, 6.07) is 8.26. The number of allylic oxidation sites excluding steroid dienone is 1. The van der Waals surface area contributed by atoms with Gasteiger partial charge in [0.1, 0.15) is 0 Å². The highest BCUT2D eigenvalue weighted by atomic mass is 14.6. The van der Waals surface area contributed by atoms with Crippen molar-refractivity contribution < 1.29 is 0 Å². The highest BCUT2D eigenvalue weighted by Crippen LogP contribution is 2.13. The molecule has 1 rings (SSSR count). The highest BCUT2D eigenvalue weighted by Gasteiger charge is 1.98. The Morgan fingerprint density at radius 1 is 1.31 bits per heavy atom. The van der Waals surface area contributed by atoms with Crippen LogP contribution in [0.15, 0.2) is 30.0 Å². The van der Waals surface area contributed by atoms with Gasteiger partial charge >= 0.3 is 0 Å². The summed E-state index contributed by atoms with van der Waals surface area (Å²) >= 11 is 0. The van der Waals surface area contributed by atoms with E-state index in [4.69, 9.17) is 5.73 Å². The van der Waals surface area contributed by atoms with Gasteiger partial charge in [0.05, 0.1) is 0 Å². The number of hydrogen-bond acceptors (Lipinski definition) is 1. The van der Waals surface area contributed by atoms with Gasteiger partial charge in [-0.2, -0.15) is 0 Å². The Morgan fingerprint density at radius 3 is 2.46 bits per heavy atom. The fourth-order valence-electron chi connectivity index (χ4n) is 1.09. The van der Waals surface area contributed by atoms with Gasteiger partial charge in [0.25, 0.3) is 0 Å². The highest BCUT2D eigenvalue weighted by molar-refractivity contribution is 5.55. The minimum Gasteiger partial charge on any atom is -0.402 e. The Hall–Kier alpha value is -1.24.